The van der Waals surface area contributed by atoms with Crippen molar-refractivity contribution in [3.05, 3.63) is 129 Å². The average Bonchev–Trinajstić information content (AvgIpc) is 3.60. The minimum atomic E-state index is -4.49. The molecule has 2 aliphatic carbocycles. The van der Waals surface area contributed by atoms with Crippen LogP contribution in [0.5, 0.6) is 0 Å². The molecule has 0 aliphatic heterocycles. The second-order valence-electron chi connectivity index (χ2n) is 13.8. The van der Waals surface area contributed by atoms with E-state index in [1.54, 1.807) is 24.3 Å². The molecular formula is C40H39F6SiZr. The normalized spacial score (nSPS) is 17.6. The third kappa shape index (κ3) is 6.17. The van der Waals surface area contributed by atoms with Gasteiger partial charge in [0.1, 0.15) is 0 Å². The van der Waals surface area contributed by atoms with Crippen LogP contribution < -0.4 is 0 Å². The Balaban J connectivity index is 1.56. The fourth-order valence-electron chi connectivity index (χ4n) is 7.83. The molecule has 0 bridgehead atoms. The number of halogens is 6. The van der Waals surface area contributed by atoms with Crippen LogP contribution in [0.15, 0.2) is 96.1 Å². The van der Waals surface area contributed by atoms with E-state index in [1.807, 2.05) is 24.3 Å². The van der Waals surface area contributed by atoms with Gasteiger partial charge >= 0.3 is 289 Å². The Morgan fingerprint density at radius 2 is 0.875 bits per heavy atom. The van der Waals surface area contributed by atoms with Gasteiger partial charge in [0.15, 0.2) is 0 Å². The molecule has 4 aromatic rings. The van der Waals surface area contributed by atoms with Crippen molar-refractivity contribution in [3.63, 3.8) is 0 Å². The molecule has 0 amide bonds. The summed E-state index contributed by atoms with van der Waals surface area (Å²) in [6.45, 7) is 13.5. The first-order chi connectivity index (χ1) is 22.6. The van der Waals surface area contributed by atoms with Crippen molar-refractivity contribution in [2.24, 2.45) is 11.8 Å². The van der Waals surface area contributed by atoms with E-state index in [1.165, 1.54) is 23.3 Å². The number of allylic oxidation sites excluding steroid dienone is 2. The molecule has 48 heavy (non-hydrogen) atoms. The number of hydrogen-bond acceptors (Lipinski definition) is 0. The Bertz CT molecular complexity index is 1780. The molecule has 249 valence electrons. The van der Waals surface area contributed by atoms with Crippen LogP contribution in [0.4, 0.5) is 26.3 Å². The SMILES string of the molecule is CC(C)C1=Cc2c(-c3ccccc3C(F)(F)F)cccc2[CH]1[Zr]([CH]1C(C(C)C)=Cc2c(-c3ccccc3C(F)(F)F)cccc21)[SiH](C)C. The minimum absolute atomic E-state index is 0.163. The van der Waals surface area contributed by atoms with Crippen LogP contribution in [-0.2, 0) is 33.3 Å². The van der Waals surface area contributed by atoms with Gasteiger partial charge < -0.3 is 0 Å². The van der Waals surface area contributed by atoms with Crippen LogP contribution in [0.3, 0.4) is 0 Å². The van der Waals surface area contributed by atoms with Gasteiger partial charge in [-0.05, 0) is 0 Å². The molecule has 2 atom stereocenters. The fourth-order valence-corrected chi connectivity index (χ4v) is 31.2. The van der Waals surface area contributed by atoms with Crippen LogP contribution in [0, 0.1) is 11.8 Å². The van der Waals surface area contributed by atoms with Crippen LogP contribution in [0.25, 0.3) is 34.4 Å². The standard InChI is InChI=1S/2C19H16F3.C2H7Si.Zr/c2*1-12(2)14-10-13-6-5-8-15(17(13)11-14)16-7-3-4-9-18(16)19(20,21)22;1-3-2;/h2*3-12H,1-2H3;3H,1-2H3;. The molecule has 2 aliphatic rings. The number of alkyl halides is 6. The van der Waals surface area contributed by atoms with E-state index in [4.69, 9.17) is 0 Å². The zero-order chi connectivity index (χ0) is 34.7. The van der Waals surface area contributed by atoms with Gasteiger partial charge in [-0.1, -0.05) is 0 Å². The van der Waals surface area contributed by atoms with E-state index in [-0.39, 0.29) is 30.2 Å². The van der Waals surface area contributed by atoms with Gasteiger partial charge in [-0.15, -0.1) is 0 Å². The van der Waals surface area contributed by atoms with Crippen molar-refractivity contribution >= 4 is 18.1 Å². The third-order valence-electron chi connectivity index (χ3n) is 9.90. The van der Waals surface area contributed by atoms with Crippen molar-refractivity contribution in [3.8, 4) is 22.3 Å². The van der Waals surface area contributed by atoms with E-state index in [2.05, 4.69) is 65.1 Å². The number of rotatable bonds is 7. The third-order valence-corrected chi connectivity index (χ3v) is 31.5. The summed E-state index contributed by atoms with van der Waals surface area (Å²) in [7, 11) is 0. The van der Waals surface area contributed by atoms with Crippen molar-refractivity contribution in [1.29, 1.82) is 0 Å². The number of benzene rings is 4. The molecule has 0 nitrogen and oxygen atoms in total. The van der Waals surface area contributed by atoms with Gasteiger partial charge in [0.05, 0.1) is 0 Å². The Morgan fingerprint density at radius 3 is 1.21 bits per heavy atom. The number of fused-ring (bicyclic) bond motifs is 2. The molecule has 0 heterocycles. The predicted molar refractivity (Wildman–Crippen MR) is 184 cm³/mol. The Morgan fingerprint density at radius 1 is 0.521 bits per heavy atom. The quantitative estimate of drug-likeness (QED) is 0.130. The molecule has 0 fully saturated rings. The van der Waals surface area contributed by atoms with Crippen molar-refractivity contribution < 1.29 is 47.3 Å². The zero-order valence-corrected chi connectivity index (χ0v) is 31.5. The summed E-state index contributed by atoms with van der Waals surface area (Å²) in [4.78, 5) is 0. The van der Waals surface area contributed by atoms with Crippen molar-refractivity contribution in [1.82, 2.24) is 0 Å². The van der Waals surface area contributed by atoms with Crippen molar-refractivity contribution in [2.45, 2.75) is 60.4 Å². The molecule has 4 aromatic carbocycles. The summed E-state index contributed by atoms with van der Waals surface area (Å²) in [5.41, 5.74) is 6.90. The first-order valence-corrected chi connectivity index (χ1v) is 26.5. The van der Waals surface area contributed by atoms with E-state index in [0.717, 1.165) is 34.4 Å². The maximum absolute atomic E-state index is 14.2. The first kappa shape index (κ1) is 34.9. The molecule has 0 saturated carbocycles. The molecular weight excluding hydrogens is 714 g/mol. The van der Waals surface area contributed by atoms with Crippen LogP contribution >= 0.6 is 0 Å². The Labute approximate surface area is 287 Å². The summed E-state index contributed by atoms with van der Waals surface area (Å²) in [5.74, 6) is -0.990. The Hall–Kier alpha value is -2.96. The van der Waals surface area contributed by atoms with E-state index >= 15 is 0 Å². The van der Waals surface area contributed by atoms with Gasteiger partial charge in [0.25, 0.3) is 0 Å². The summed E-state index contributed by atoms with van der Waals surface area (Å²) >= 11 is -2.71. The van der Waals surface area contributed by atoms with Gasteiger partial charge in [-0.25, -0.2) is 0 Å². The summed E-state index contributed by atoms with van der Waals surface area (Å²) < 4.78 is 85.8. The van der Waals surface area contributed by atoms with Crippen molar-refractivity contribution in [2.75, 3.05) is 0 Å². The van der Waals surface area contributed by atoms with E-state index < -0.39 is 50.3 Å². The van der Waals surface area contributed by atoms with Crippen LogP contribution in [0.2, 0.25) is 13.1 Å². The summed E-state index contributed by atoms with van der Waals surface area (Å²) in [5, 5.41) is 0. The van der Waals surface area contributed by atoms with Gasteiger partial charge in [0.2, 0.25) is 0 Å². The van der Waals surface area contributed by atoms with E-state index in [0.29, 0.717) is 11.1 Å². The maximum atomic E-state index is 14.2. The topological polar surface area (TPSA) is 0 Å². The molecule has 0 N–H and O–H groups in total. The van der Waals surface area contributed by atoms with Gasteiger partial charge in [0, 0.05) is 0 Å². The van der Waals surface area contributed by atoms with Crippen LogP contribution in [-0.4, -0.2) is 5.92 Å². The molecule has 8 heteroatoms. The average molecular weight is 753 g/mol. The monoisotopic (exact) mass is 751 g/mol. The fraction of sp³-hybridized carbons (Fsp3) is 0.300. The van der Waals surface area contributed by atoms with Gasteiger partial charge in [-0.2, -0.15) is 0 Å². The van der Waals surface area contributed by atoms with Crippen LogP contribution in [0.1, 0.15) is 68.3 Å². The molecule has 6 rings (SSSR count). The molecule has 2 unspecified atom stereocenters. The van der Waals surface area contributed by atoms with E-state index in [9.17, 15) is 26.3 Å². The van der Waals surface area contributed by atoms with Gasteiger partial charge in [-0.3, -0.25) is 0 Å². The first-order valence-electron chi connectivity index (χ1n) is 16.5. The second kappa shape index (κ2) is 13.1. The molecule has 0 saturated heterocycles. The predicted octanol–water partition coefficient (Wildman–Crippen LogP) is 12.5. The number of hydrogen-bond donors (Lipinski definition) is 0. The summed E-state index contributed by atoms with van der Waals surface area (Å²) in [6.07, 6.45) is -4.62. The molecule has 0 aromatic heterocycles. The molecule has 0 spiro atoms. The zero-order valence-electron chi connectivity index (χ0n) is 27.9. The molecule has 0 radical (unpaired) electrons. The summed E-state index contributed by atoms with van der Waals surface area (Å²) in [6, 6.07) is 23.3. The Kier molecular flexibility index (Phi) is 9.49. The second-order valence-corrected chi connectivity index (χ2v) is 33.9.